The van der Waals surface area contributed by atoms with E-state index in [1.54, 1.807) is 6.07 Å². The molecule has 1 rings (SSSR count). The predicted molar refractivity (Wildman–Crippen MR) is 49.0 cm³/mol. The molecule has 0 aliphatic rings. The molecule has 1 N–H and O–H groups in total. The first kappa shape index (κ1) is 9.97. The average Bonchev–Trinajstić information content (AvgIpc) is 2.17. The summed E-state index contributed by atoms with van der Waals surface area (Å²) in [6, 6.07) is 4.50. The van der Waals surface area contributed by atoms with Gasteiger partial charge in [0.15, 0.2) is 5.75 Å². The van der Waals surface area contributed by atoms with E-state index >= 15 is 0 Å². The molecule has 0 aromatic heterocycles. The Morgan fingerprint density at radius 3 is 2.86 bits per heavy atom. The van der Waals surface area contributed by atoms with E-state index < -0.39 is 4.92 Å². The van der Waals surface area contributed by atoms with Gasteiger partial charge in [0.1, 0.15) is 0 Å². The lowest BCUT2D eigenvalue weighted by Crippen LogP contribution is -1.98. The van der Waals surface area contributed by atoms with E-state index in [-0.39, 0.29) is 17.0 Å². The molecule has 6 nitrogen and oxygen atoms in total. The molecule has 14 heavy (non-hydrogen) atoms. The molecule has 0 aliphatic heterocycles. The molecule has 0 unspecified atom stereocenters. The van der Waals surface area contributed by atoms with E-state index in [2.05, 4.69) is 5.16 Å². The number of nitro benzene ring substituents is 1. The summed E-state index contributed by atoms with van der Waals surface area (Å²) in [5, 5.41) is 21.7. The van der Waals surface area contributed by atoms with Crippen LogP contribution in [-0.2, 0) is 0 Å². The van der Waals surface area contributed by atoms with E-state index in [0.717, 1.165) is 6.21 Å². The van der Waals surface area contributed by atoms with Gasteiger partial charge in [0.2, 0.25) is 0 Å². The molecule has 1 aromatic carbocycles. The lowest BCUT2D eigenvalue weighted by Gasteiger charge is -2.02. The average molecular weight is 196 g/mol. The lowest BCUT2D eigenvalue weighted by molar-refractivity contribution is -0.385. The highest BCUT2D eigenvalue weighted by molar-refractivity contribution is 5.86. The summed E-state index contributed by atoms with van der Waals surface area (Å²) in [6.45, 7) is 0. The highest BCUT2D eigenvalue weighted by Gasteiger charge is 2.18. The van der Waals surface area contributed by atoms with Crippen molar-refractivity contribution < 1.29 is 14.9 Å². The Bertz CT molecular complexity index is 376. The third-order valence-electron chi connectivity index (χ3n) is 1.63. The standard InChI is InChI=1S/C8H8N2O4/c1-14-7-4-2-3-6(5-9-11)8(7)10(12)13/h2-5,11H,1H3/b9-5+. The molecule has 0 amide bonds. The van der Waals surface area contributed by atoms with Crippen LogP contribution >= 0.6 is 0 Å². The van der Waals surface area contributed by atoms with Crippen LogP contribution in [0.4, 0.5) is 5.69 Å². The van der Waals surface area contributed by atoms with Gasteiger partial charge in [-0.3, -0.25) is 10.1 Å². The fourth-order valence-electron chi connectivity index (χ4n) is 1.07. The first-order valence-corrected chi connectivity index (χ1v) is 3.69. The van der Waals surface area contributed by atoms with Crippen LogP contribution in [0.15, 0.2) is 23.4 Å². The Balaban J connectivity index is 3.35. The van der Waals surface area contributed by atoms with Crippen molar-refractivity contribution in [2.45, 2.75) is 0 Å². The molecule has 0 saturated heterocycles. The SMILES string of the molecule is COc1cccc(/C=N/O)c1[N+](=O)[O-]. The second-order valence-corrected chi connectivity index (χ2v) is 2.40. The highest BCUT2D eigenvalue weighted by Crippen LogP contribution is 2.29. The second-order valence-electron chi connectivity index (χ2n) is 2.40. The van der Waals surface area contributed by atoms with Crippen molar-refractivity contribution in [1.82, 2.24) is 0 Å². The molecule has 0 bridgehead atoms. The minimum atomic E-state index is -0.587. The maximum Gasteiger partial charge on any atom is 0.319 e. The van der Waals surface area contributed by atoms with Crippen LogP contribution in [0.1, 0.15) is 5.56 Å². The minimum absolute atomic E-state index is 0.132. The molecule has 0 heterocycles. The molecule has 0 radical (unpaired) electrons. The number of oxime groups is 1. The zero-order valence-corrected chi connectivity index (χ0v) is 7.38. The zero-order chi connectivity index (χ0) is 10.6. The van der Waals surface area contributed by atoms with Crippen molar-refractivity contribution in [3.8, 4) is 5.75 Å². The quantitative estimate of drug-likeness (QED) is 0.343. The second kappa shape index (κ2) is 4.22. The summed E-state index contributed by atoms with van der Waals surface area (Å²) in [6.07, 6.45) is 0.987. The molecule has 0 atom stereocenters. The van der Waals surface area contributed by atoms with Gasteiger partial charge >= 0.3 is 5.69 Å². The molecular weight excluding hydrogens is 188 g/mol. The predicted octanol–water partition coefficient (Wildman–Crippen LogP) is 1.41. The van der Waals surface area contributed by atoms with Gasteiger partial charge in [0.25, 0.3) is 0 Å². The van der Waals surface area contributed by atoms with Crippen molar-refractivity contribution >= 4 is 11.9 Å². The number of hydrogen-bond donors (Lipinski definition) is 1. The smallest absolute Gasteiger partial charge is 0.319 e. The van der Waals surface area contributed by atoms with E-state index in [9.17, 15) is 10.1 Å². The van der Waals surface area contributed by atoms with Crippen LogP contribution in [0.3, 0.4) is 0 Å². The zero-order valence-electron chi connectivity index (χ0n) is 7.38. The van der Waals surface area contributed by atoms with Gasteiger partial charge in [-0.1, -0.05) is 11.2 Å². The topological polar surface area (TPSA) is 85.0 Å². The molecule has 0 aliphatic carbocycles. The fraction of sp³-hybridized carbons (Fsp3) is 0.125. The van der Waals surface area contributed by atoms with Gasteiger partial charge in [-0.25, -0.2) is 0 Å². The van der Waals surface area contributed by atoms with E-state index in [4.69, 9.17) is 9.94 Å². The lowest BCUT2D eigenvalue weighted by atomic mass is 10.2. The van der Waals surface area contributed by atoms with Crippen molar-refractivity contribution in [1.29, 1.82) is 0 Å². The Hall–Kier alpha value is -2.11. The van der Waals surface area contributed by atoms with Gasteiger partial charge in [-0.2, -0.15) is 0 Å². The van der Waals surface area contributed by atoms with Crippen LogP contribution in [-0.4, -0.2) is 23.5 Å². The fourth-order valence-corrected chi connectivity index (χ4v) is 1.07. The van der Waals surface area contributed by atoms with Gasteiger partial charge in [-0.15, -0.1) is 0 Å². The Kier molecular flexibility index (Phi) is 3.01. The van der Waals surface area contributed by atoms with Crippen LogP contribution in [0.2, 0.25) is 0 Å². The van der Waals surface area contributed by atoms with Crippen molar-refractivity contribution in [3.05, 3.63) is 33.9 Å². The van der Waals surface area contributed by atoms with E-state index in [1.165, 1.54) is 19.2 Å². The number of hydrogen-bond acceptors (Lipinski definition) is 5. The van der Waals surface area contributed by atoms with Crippen molar-refractivity contribution in [2.24, 2.45) is 5.16 Å². The number of methoxy groups -OCH3 is 1. The third-order valence-corrected chi connectivity index (χ3v) is 1.63. The number of rotatable bonds is 3. The third kappa shape index (κ3) is 1.79. The summed E-state index contributed by atoms with van der Waals surface area (Å²) < 4.78 is 4.81. The van der Waals surface area contributed by atoms with E-state index in [0.29, 0.717) is 0 Å². The van der Waals surface area contributed by atoms with Gasteiger partial charge < -0.3 is 9.94 Å². The summed E-state index contributed by atoms with van der Waals surface area (Å²) in [5.41, 5.74) is -0.0235. The molecule has 0 fully saturated rings. The summed E-state index contributed by atoms with van der Waals surface area (Å²) in [7, 11) is 1.34. The van der Waals surface area contributed by atoms with Crippen molar-refractivity contribution in [2.75, 3.05) is 7.11 Å². The van der Waals surface area contributed by atoms with Gasteiger partial charge in [-0.05, 0) is 12.1 Å². The highest BCUT2D eigenvalue weighted by atomic mass is 16.6. The Morgan fingerprint density at radius 1 is 1.64 bits per heavy atom. The number of ether oxygens (including phenoxy) is 1. The molecule has 74 valence electrons. The normalized spacial score (nSPS) is 10.4. The molecular formula is C8H8N2O4. The summed E-state index contributed by atoms with van der Waals surface area (Å²) >= 11 is 0. The number of para-hydroxylation sites is 1. The van der Waals surface area contributed by atoms with Crippen LogP contribution in [0.5, 0.6) is 5.75 Å². The first-order chi connectivity index (χ1) is 6.70. The Labute approximate surface area is 79.6 Å². The molecule has 0 saturated carbocycles. The van der Waals surface area contributed by atoms with E-state index in [1.807, 2.05) is 0 Å². The van der Waals surface area contributed by atoms with Gasteiger partial charge in [0.05, 0.1) is 23.8 Å². The molecule has 1 aromatic rings. The number of nitrogens with zero attached hydrogens (tertiary/aromatic N) is 2. The van der Waals surface area contributed by atoms with Gasteiger partial charge in [0, 0.05) is 0 Å². The number of nitro groups is 1. The number of benzene rings is 1. The minimum Gasteiger partial charge on any atom is -0.490 e. The maximum absolute atomic E-state index is 10.7. The monoisotopic (exact) mass is 196 g/mol. The largest absolute Gasteiger partial charge is 0.490 e. The van der Waals surface area contributed by atoms with Crippen LogP contribution in [0.25, 0.3) is 0 Å². The van der Waals surface area contributed by atoms with Crippen molar-refractivity contribution in [3.63, 3.8) is 0 Å². The molecule has 6 heteroatoms. The molecule has 0 spiro atoms. The van der Waals surface area contributed by atoms with Crippen LogP contribution in [0, 0.1) is 10.1 Å². The summed E-state index contributed by atoms with van der Waals surface area (Å²) in [4.78, 5) is 10.1. The first-order valence-electron chi connectivity index (χ1n) is 3.69. The Morgan fingerprint density at radius 2 is 2.36 bits per heavy atom. The maximum atomic E-state index is 10.7. The summed E-state index contributed by atoms with van der Waals surface area (Å²) in [5.74, 6) is 0.132. The van der Waals surface area contributed by atoms with Crippen LogP contribution < -0.4 is 4.74 Å².